The van der Waals surface area contributed by atoms with Crippen molar-refractivity contribution in [1.29, 1.82) is 0 Å². The standard InChI is InChI=1S/C10H20O/c1-7(2)9-6-5-8(3)10(9,4)11/h7-9,11H,5-6H2,1-4H3/t8-,9+,10+/m1/s1. The quantitative estimate of drug-likeness (QED) is 0.618. The molecule has 0 aliphatic heterocycles. The van der Waals surface area contributed by atoms with Crippen LogP contribution in [0.2, 0.25) is 0 Å². The van der Waals surface area contributed by atoms with E-state index < -0.39 is 5.60 Å². The van der Waals surface area contributed by atoms with Crippen LogP contribution in [-0.2, 0) is 0 Å². The molecule has 1 rings (SSSR count). The van der Waals surface area contributed by atoms with E-state index in [0.29, 0.717) is 17.8 Å². The largest absolute Gasteiger partial charge is 0.390 e. The minimum atomic E-state index is -0.409. The van der Waals surface area contributed by atoms with Crippen LogP contribution in [0.4, 0.5) is 0 Å². The molecule has 1 nitrogen and oxygen atoms in total. The average molecular weight is 156 g/mol. The van der Waals surface area contributed by atoms with Crippen LogP contribution in [0, 0.1) is 17.8 Å². The molecule has 0 aromatic heterocycles. The summed E-state index contributed by atoms with van der Waals surface area (Å²) in [6, 6.07) is 0. The van der Waals surface area contributed by atoms with Crippen molar-refractivity contribution < 1.29 is 5.11 Å². The Morgan fingerprint density at radius 2 is 1.91 bits per heavy atom. The zero-order valence-electron chi connectivity index (χ0n) is 8.09. The molecule has 0 amide bonds. The summed E-state index contributed by atoms with van der Waals surface area (Å²) in [6.07, 6.45) is 2.39. The van der Waals surface area contributed by atoms with Gasteiger partial charge in [0.05, 0.1) is 5.60 Å². The lowest BCUT2D eigenvalue weighted by molar-refractivity contribution is -0.0283. The molecule has 11 heavy (non-hydrogen) atoms. The van der Waals surface area contributed by atoms with Crippen LogP contribution in [0.25, 0.3) is 0 Å². The van der Waals surface area contributed by atoms with Crippen LogP contribution in [-0.4, -0.2) is 10.7 Å². The van der Waals surface area contributed by atoms with Crippen molar-refractivity contribution in [2.24, 2.45) is 17.8 Å². The maximum absolute atomic E-state index is 10.1. The first-order valence-electron chi connectivity index (χ1n) is 4.68. The van der Waals surface area contributed by atoms with Crippen LogP contribution in [0.1, 0.15) is 40.5 Å². The van der Waals surface area contributed by atoms with Crippen molar-refractivity contribution in [3.05, 3.63) is 0 Å². The van der Waals surface area contributed by atoms with Gasteiger partial charge in [0.15, 0.2) is 0 Å². The molecule has 66 valence electrons. The van der Waals surface area contributed by atoms with Gasteiger partial charge in [0, 0.05) is 0 Å². The van der Waals surface area contributed by atoms with Gasteiger partial charge in [0.1, 0.15) is 0 Å². The molecule has 1 fully saturated rings. The zero-order chi connectivity index (χ0) is 8.65. The molecule has 1 aliphatic carbocycles. The highest BCUT2D eigenvalue weighted by molar-refractivity contribution is 4.94. The monoisotopic (exact) mass is 156 g/mol. The second-order valence-electron chi connectivity index (χ2n) is 4.55. The molecule has 0 bridgehead atoms. The van der Waals surface area contributed by atoms with E-state index in [2.05, 4.69) is 20.8 Å². The summed E-state index contributed by atoms with van der Waals surface area (Å²) in [7, 11) is 0. The Balaban J connectivity index is 2.70. The third-order valence-corrected chi connectivity index (χ3v) is 3.46. The molecule has 0 heterocycles. The summed E-state index contributed by atoms with van der Waals surface area (Å²) in [5, 5.41) is 10.1. The van der Waals surface area contributed by atoms with E-state index in [4.69, 9.17) is 0 Å². The van der Waals surface area contributed by atoms with Crippen molar-refractivity contribution in [1.82, 2.24) is 0 Å². The van der Waals surface area contributed by atoms with Gasteiger partial charge in [-0.25, -0.2) is 0 Å². The first-order valence-corrected chi connectivity index (χ1v) is 4.68. The summed E-state index contributed by atoms with van der Waals surface area (Å²) in [6.45, 7) is 8.56. The fourth-order valence-corrected chi connectivity index (χ4v) is 2.39. The first kappa shape index (κ1) is 9.05. The van der Waals surface area contributed by atoms with Crippen molar-refractivity contribution >= 4 is 0 Å². The molecular weight excluding hydrogens is 136 g/mol. The van der Waals surface area contributed by atoms with Gasteiger partial charge in [-0.15, -0.1) is 0 Å². The minimum absolute atomic E-state index is 0.409. The van der Waals surface area contributed by atoms with Crippen molar-refractivity contribution in [3.63, 3.8) is 0 Å². The maximum atomic E-state index is 10.1. The predicted octanol–water partition coefficient (Wildman–Crippen LogP) is 2.44. The van der Waals surface area contributed by atoms with Crippen LogP contribution < -0.4 is 0 Å². The van der Waals surface area contributed by atoms with Crippen molar-refractivity contribution in [3.8, 4) is 0 Å². The molecule has 1 heteroatoms. The topological polar surface area (TPSA) is 20.2 Å². The number of hydrogen-bond donors (Lipinski definition) is 1. The van der Waals surface area contributed by atoms with E-state index in [1.165, 1.54) is 12.8 Å². The van der Waals surface area contributed by atoms with E-state index in [1.807, 2.05) is 6.92 Å². The first-order chi connectivity index (χ1) is 4.96. The van der Waals surface area contributed by atoms with Gasteiger partial charge in [-0.05, 0) is 37.5 Å². The number of hydrogen-bond acceptors (Lipinski definition) is 1. The lowest BCUT2D eigenvalue weighted by atomic mass is 9.80. The molecular formula is C10H20O. The van der Waals surface area contributed by atoms with E-state index in [0.717, 1.165) is 0 Å². The lowest BCUT2D eigenvalue weighted by Gasteiger charge is -2.32. The SMILES string of the molecule is CC(C)[C@@H]1CC[C@@H](C)[C@]1(C)O. The van der Waals surface area contributed by atoms with Gasteiger partial charge in [0.25, 0.3) is 0 Å². The van der Waals surface area contributed by atoms with E-state index in [9.17, 15) is 5.11 Å². The smallest absolute Gasteiger partial charge is 0.0675 e. The Kier molecular flexibility index (Phi) is 2.29. The van der Waals surface area contributed by atoms with Gasteiger partial charge in [-0.3, -0.25) is 0 Å². The third-order valence-electron chi connectivity index (χ3n) is 3.46. The number of aliphatic hydroxyl groups is 1. The summed E-state index contributed by atoms with van der Waals surface area (Å²) in [4.78, 5) is 0. The maximum Gasteiger partial charge on any atom is 0.0675 e. The van der Waals surface area contributed by atoms with Crippen LogP contribution in [0.15, 0.2) is 0 Å². The van der Waals surface area contributed by atoms with Gasteiger partial charge in [-0.1, -0.05) is 20.8 Å². The highest BCUT2D eigenvalue weighted by atomic mass is 16.3. The van der Waals surface area contributed by atoms with E-state index in [1.54, 1.807) is 0 Å². The molecule has 0 aromatic rings. The minimum Gasteiger partial charge on any atom is -0.390 e. The average Bonchev–Trinajstić information content (AvgIpc) is 2.08. The van der Waals surface area contributed by atoms with Gasteiger partial charge in [-0.2, -0.15) is 0 Å². The summed E-state index contributed by atoms with van der Waals surface area (Å²) >= 11 is 0. The Morgan fingerprint density at radius 1 is 1.36 bits per heavy atom. The zero-order valence-corrected chi connectivity index (χ0v) is 8.09. The Labute approximate surface area is 69.8 Å². The summed E-state index contributed by atoms with van der Waals surface area (Å²) in [5.41, 5.74) is -0.409. The molecule has 1 N–H and O–H groups in total. The normalized spacial score (nSPS) is 45.3. The molecule has 0 saturated heterocycles. The van der Waals surface area contributed by atoms with Crippen LogP contribution in [0.3, 0.4) is 0 Å². The molecule has 3 atom stereocenters. The summed E-state index contributed by atoms with van der Waals surface area (Å²) < 4.78 is 0. The second-order valence-corrected chi connectivity index (χ2v) is 4.55. The fourth-order valence-electron chi connectivity index (χ4n) is 2.39. The van der Waals surface area contributed by atoms with Crippen LogP contribution in [0.5, 0.6) is 0 Å². The Hall–Kier alpha value is -0.0400. The molecule has 1 aliphatic rings. The predicted molar refractivity (Wildman–Crippen MR) is 47.3 cm³/mol. The second kappa shape index (κ2) is 2.78. The van der Waals surface area contributed by atoms with Gasteiger partial charge >= 0.3 is 0 Å². The Morgan fingerprint density at radius 3 is 2.09 bits per heavy atom. The molecule has 0 unspecified atom stereocenters. The van der Waals surface area contributed by atoms with E-state index >= 15 is 0 Å². The molecule has 1 saturated carbocycles. The summed E-state index contributed by atoms with van der Waals surface area (Å²) in [5.74, 6) is 1.61. The highest BCUT2D eigenvalue weighted by Gasteiger charge is 2.43. The third kappa shape index (κ3) is 1.44. The molecule has 0 spiro atoms. The van der Waals surface area contributed by atoms with Crippen LogP contribution >= 0.6 is 0 Å². The molecule has 0 aromatic carbocycles. The number of rotatable bonds is 1. The lowest BCUT2D eigenvalue weighted by Crippen LogP contribution is -2.37. The van der Waals surface area contributed by atoms with Crippen molar-refractivity contribution in [2.45, 2.75) is 46.1 Å². The Bertz CT molecular complexity index is 138. The highest BCUT2D eigenvalue weighted by Crippen LogP contribution is 2.43. The molecule has 0 radical (unpaired) electrons. The van der Waals surface area contributed by atoms with Gasteiger partial charge in [0.2, 0.25) is 0 Å². The van der Waals surface area contributed by atoms with E-state index in [-0.39, 0.29) is 0 Å². The fraction of sp³-hybridized carbons (Fsp3) is 1.00. The van der Waals surface area contributed by atoms with Crippen molar-refractivity contribution in [2.75, 3.05) is 0 Å². The van der Waals surface area contributed by atoms with Gasteiger partial charge < -0.3 is 5.11 Å².